The second kappa shape index (κ2) is 7.00. The maximum absolute atomic E-state index is 10.5. The molecule has 72 valence electrons. The standard InChI is InChI=1S/C6H13NO2.HO2P/c1-6(2,3)9-5(8)7-4;1-3-2/h1-4H3,(H,7,8);3H/p+1. The number of carbonyl (C=O) groups is 1. The van der Waals surface area contributed by atoms with Crippen LogP contribution in [0.2, 0.25) is 0 Å². The molecule has 0 heterocycles. The van der Waals surface area contributed by atoms with Crippen molar-refractivity contribution >= 4 is 14.8 Å². The van der Waals surface area contributed by atoms with Gasteiger partial charge in [0.2, 0.25) is 0 Å². The molecule has 1 atom stereocenters. The first kappa shape index (κ1) is 13.9. The van der Waals surface area contributed by atoms with Gasteiger partial charge in [-0.15, -0.1) is 0 Å². The third-order valence-corrected chi connectivity index (χ3v) is 0.603. The molecule has 0 aromatic rings. The predicted octanol–water partition coefficient (Wildman–Crippen LogP) is 1.06. The largest absolute Gasteiger partial charge is 0.491 e. The van der Waals surface area contributed by atoms with Crippen LogP contribution in [0.15, 0.2) is 0 Å². The first-order chi connectivity index (χ1) is 5.37. The maximum Gasteiger partial charge on any atom is 0.491 e. The molecule has 5 nitrogen and oxygen atoms in total. The second-order valence-corrected chi connectivity index (χ2v) is 3.03. The molecule has 0 saturated carbocycles. The van der Waals surface area contributed by atoms with Gasteiger partial charge in [-0.2, -0.15) is 4.89 Å². The van der Waals surface area contributed by atoms with Crippen molar-refractivity contribution in [2.24, 2.45) is 0 Å². The Morgan fingerprint density at radius 3 is 1.92 bits per heavy atom. The number of rotatable bonds is 0. The van der Waals surface area contributed by atoms with Gasteiger partial charge < -0.3 is 10.1 Å². The van der Waals surface area contributed by atoms with Crippen molar-refractivity contribution in [3.05, 3.63) is 0 Å². The number of alkyl carbamates (subject to hydrolysis) is 1. The van der Waals surface area contributed by atoms with E-state index in [0.29, 0.717) is 0 Å². The van der Waals surface area contributed by atoms with E-state index in [0.717, 1.165) is 0 Å². The van der Waals surface area contributed by atoms with Crippen molar-refractivity contribution in [3.63, 3.8) is 0 Å². The number of hydrogen-bond donors (Lipinski definition) is 2. The van der Waals surface area contributed by atoms with Gasteiger partial charge in [0.05, 0.1) is 0 Å². The zero-order valence-corrected chi connectivity index (χ0v) is 8.67. The molecule has 2 N–H and O–H groups in total. The highest BCUT2D eigenvalue weighted by Crippen LogP contribution is 2.05. The SMILES string of the molecule is CNC(=O)OC(C)(C)C.O=[PH+]O. The molecule has 1 unspecified atom stereocenters. The molecular formula is C6H15NO4P+. The Bertz CT molecular complexity index is 143. The van der Waals surface area contributed by atoms with Crippen LogP contribution in [-0.4, -0.2) is 23.6 Å². The normalized spacial score (nSPS) is 9.75. The highest BCUT2D eigenvalue weighted by atomic mass is 31.1. The van der Waals surface area contributed by atoms with E-state index in [4.69, 9.17) is 14.2 Å². The van der Waals surface area contributed by atoms with Gasteiger partial charge in [0.15, 0.2) is 0 Å². The fraction of sp³-hybridized carbons (Fsp3) is 0.833. The zero-order valence-electron chi connectivity index (χ0n) is 7.67. The van der Waals surface area contributed by atoms with Crippen LogP contribution in [0.3, 0.4) is 0 Å². The van der Waals surface area contributed by atoms with Crippen molar-refractivity contribution < 1.29 is 19.0 Å². The Morgan fingerprint density at radius 1 is 1.50 bits per heavy atom. The Kier molecular flexibility index (Phi) is 8.11. The number of hydrogen-bond acceptors (Lipinski definition) is 3. The van der Waals surface area contributed by atoms with E-state index in [2.05, 4.69) is 5.32 Å². The van der Waals surface area contributed by atoms with Gasteiger partial charge >= 0.3 is 14.8 Å². The lowest BCUT2D eigenvalue weighted by atomic mass is 10.2. The number of ether oxygens (including phenoxy) is 1. The Balaban J connectivity index is 0. The molecule has 0 spiro atoms. The Hall–Kier alpha value is -0.670. The number of nitrogens with one attached hydrogen (secondary N) is 1. The smallest absolute Gasteiger partial charge is 0.444 e. The van der Waals surface area contributed by atoms with Crippen LogP contribution in [0.25, 0.3) is 0 Å². The molecule has 0 saturated heterocycles. The van der Waals surface area contributed by atoms with Crippen molar-refractivity contribution in [2.45, 2.75) is 26.4 Å². The predicted molar refractivity (Wildman–Crippen MR) is 46.5 cm³/mol. The van der Waals surface area contributed by atoms with Crippen molar-refractivity contribution in [1.29, 1.82) is 0 Å². The fourth-order valence-electron chi connectivity index (χ4n) is 0.329. The van der Waals surface area contributed by atoms with Gasteiger partial charge in [0, 0.05) is 7.05 Å². The minimum absolute atomic E-state index is 0.387. The lowest BCUT2D eigenvalue weighted by molar-refractivity contribution is 0.0541. The summed E-state index contributed by atoms with van der Waals surface area (Å²) in [5, 5.41) is 2.36. The molecule has 0 bridgehead atoms. The monoisotopic (exact) mass is 196 g/mol. The molecule has 12 heavy (non-hydrogen) atoms. The average Bonchev–Trinajstić information content (AvgIpc) is 1.86. The van der Waals surface area contributed by atoms with E-state index >= 15 is 0 Å². The van der Waals surface area contributed by atoms with Crippen LogP contribution in [0.1, 0.15) is 20.8 Å². The first-order valence-corrected chi connectivity index (χ1v) is 4.15. The van der Waals surface area contributed by atoms with Gasteiger partial charge in [0.1, 0.15) is 5.60 Å². The van der Waals surface area contributed by atoms with E-state index in [1.807, 2.05) is 20.8 Å². The van der Waals surface area contributed by atoms with E-state index in [1.54, 1.807) is 0 Å². The van der Waals surface area contributed by atoms with Crippen LogP contribution in [0, 0.1) is 0 Å². The zero-order chi connectivity index (χ0) is 10.2. The van der Waals surface area contributed by atoms with Crippen molar-refractivity contribution in [2.75, 3.05) is 7.05 Å². The van der Waals surface area contributed by atoms with Crippen molar-refractivity contribution in [3.8, 4) is 0 Å². The third-order valence-electron chi connectivity index (χ3n) is 0.603. The topological polar surface area (TPSA) is 75.6 Å². The molecule has 1 amide bonds. The Morgan fingerprint density at radius 2 is 1.83 bits per heavy atom. The summed E-state index contributed by atoms with van der Waals surface area (Å²) < 4.78 is 13.4. The van der Waals surface area contributed by atoms with Crippen LogP contribution in [-0.2, 0) is 9.30 Å². The Labute approximate surface area is 73.4 Å². The molecule has 0 aromatic heterocycles. The summed E-state index contributed by atoms with van der Waals surface area (Å²) in [4.78, 5) is 17.5. The maximum atomic E-state index is 10.5. The molecule has 0 rings (SSSR count). The summed E-state index contributed by atoms with van der Waals surface area (Å²) in [5.41, 5.74) is -0.389. The van der Waals surface area contributed by atoms with Gasteiger partial charge in [-0.05, 0) is 25.3 Å². The first-order valence-electron chi connectivity index (χ1n) is 3.29. The fourth-order valence-corrected chi connectivity index (χ4v) is 0.329. The van der Waals surface area contributed by atoms with Gasteiger partial charge in [0.25, 0.3) is 0 Å². The van der Waals surface area contributed by atoms with E-state index in [9.17, 15) is 4.79 Å². The molecule has 0 aliphatic rings. The van der Waals surface area contributed by atoms with Gasteiger partial charge in [-0.1, -0.05) is 0 Å². The third kappa shape index (κ3) is 16.2. The van der Waals surface area contributed by atoms with E-state index in [1.165, 1.54) is 7.05 Å². The lowest BCUT2D eigenvalue weighted by Crippen LogP contribution is -2.30. The number of carbonyl (C=O) groups excluding carboxylic acids is 1. The molecule has 0 radical (unpaired) electrons. The minimum Gasteiger partial charge on any atom is -0.444 e. The second-order valence-electron chi connectivity index (χ2n) is 2.84. The molecular weight excluding hydrogens is 181 g/mol. The van der Waals surface area contributed by atoms with Crippen molar-refractivity contribution in [1.82, 2.24) is 5.32 Å². The van der Waals surface area contributed by atoms with E-state index < -0.39 is 8.69 Å². The average molecular weight is 196 g/mol. The van der Waals surface area contributed by atoms with Crippen LogP contribution >= 0.6 is 8.69 Å². The summed E-state index contributed by atoms with van der Waals surface area (Å²) in [5.74, 6) is 0. The van der Waals surface area contributed by atoms with Crippen LogP contribution < -0.4 is 5.32 Å². The summed E-state index contributed by atoms with van der Waals surface area (Å²) in [6.07, 6.45) is -0.387. The van der Waals surface area contributed by atoms with Gasteiger partial charge in [-0.3, -0.25) is 0 Å². The molecule has 0 aliphatic carbocycles. The molecule has 0 aromatic carbocycles. The van der Waals surface area contributed by atoms with Crippen LogP contribution in [0.5, 0.6) is 0 Å². The minimum atomic E-state index is -1.17. The molecule has 0 aliphatic heterocycles. The quantitative estimate of drug-likeness (QED) is 0.568. The lowest BCUT2D eigenvalue weighted by Gasteiger charge is -2.18. The number of amides is 1. The van der Waals surface area contributed by atoms with Crippen LogP contribution in [0.4, 0.5) is 4.79 Å². The van der Waals surface area contributed by atoms with E-state index in [-0.39, 0.29) is 11.7 Å². The summed E-state index contributed by atoms with van der Waals surface area (Å²) in [6.45, 7) is 5.46. The highest BCUT2D eigenvalue weighted by molar-refractivity contribution is 7.16. The highest BCUT2D eigenvalue weighted by Gasteiger charge is 2.13. The molecule has 0 fully saturated rings. The summed E-state index contributed by atoms with van der Waals surface area (Å²) in [7, 11) is 0.369. The summed E-state index contributed by atoms with van der Waals surface area (Å²) >= 11 is 0. The summed E-state index contributed by atoms with van der Waals surface area (Å²) in [6, 6.07) is 0. The molecule has 6 heteroatoms. The van der Waals surface area contributed by atoms with Gasteiger partial charge in [-0.25, -0.2) is 4.79 Å².